The van der Waals surface area contributed by atoms with E-state index in [1.54, 1.807) is 32.2 Å². The highest BCUT2D eigenvalue weighted by Gasteiger charge is 2.39. The number of aliphatic imine (C=N–C) groups is 1. The topological polar surface area (TPSA) is 113 Å². The maximum atomic E-state index is 12.7. The zero-order valence-electron chi connectivity index (χ0n) is 22.8. The molecule has 4 amide bonds. The zero-order valence-corrected chi connectivity index (χ0v) is 23.6. The number of nitrogens with zero attached hydrogens (tertiary/aromatic N) is 4. The van der Waals surface area contributed by atoms with Crippen LogP contribution >= 0.6 is 11.6 Å². The van der Waals surface area contributed by atoms with Crippen LogP contribution in [0.15, 0.2) is 71.9 Å². The van der Waals surface area contributed by atoms with Gasteiger partial charge in [-0.2, -0.15) is 0 Å². The predicted octanol–water partition coefficient (Wildman–Crippen LogP) is 5.96. The molecular formula is C29H32ClN5O5. The summed E-state index contributed by atoms with van der Waals surface area (Å²) in [5.41, 5.74) is 2.82. The van der Waals surface area contributed by atoms with Crippen molar-refractivity contribution >= 4 is 42.0 Å². The average molecular weight is 566 g/mol. The fourth-order valence-electron chi connectivity index (χ4n) is 3.71. The van der Waals surface area contributed by atoms with Crippen LogP contribution in [0.25, 0.3) is 0 Å². The summed E-state index contributed by atoms with van der Waals surface area (Å²) in [6, 6.07) is 16.7. The molecule has 4 rings (SSSR count). The van der Waals surface area contributed by atoms with Crippen molar-refractivity contribution in [2.75, 3.05) is 13.8 Å². The summed E-state index contributed by atoms with van der Waals surface area (Å²) < 4.78 is 10.3. The lowest BCUT2D eigenvalue weighted by atomic mass is 10.0. The van der Waals surface area contributed by atoms with E-state index >= 15 is 0 Å². The highest BCUT2D eigenvalue weighted by molar-refractivity contribution is 6.30. The molecule has 1 fully saturated rings. The second-order valence-corrected chi connectivity index (χ2v) is 9.53. The van der Waals surface area contributed by atoms with Crippen molar-refractivity contribution in [2.24, 2.45) is 10.9 Å². The fraction of sp³-hybridized carbons (Fsp3) is 0.276. The first-order valence-corrected chi connectivity index (χ1v) is 12.9. The Hall–Kier alpha value is -4.44. The van der Waals surface area contributed by atoms with Crippen LogP contribution in [0, 0.1) is 12.8 Å². The molecule has 0 bridgehead atoms. The molecule has 0 aliphatic carbocycles. The van der Waals surface area contributed by atoms with Crippen molar-refractivity contribution in [1.29, 1.82) is 0 Å². The van der Waals surface area contributed by atoms with E-state index in [1.807, 2.05) is 55.5 Å². The number of imide groups is 1. The molecular weight excluding hydrogens is 534 g/mol. The molecule has 0 radical (unpaired) electrons. The molecule has 40 heavy (non-hydrogen) atoms. The third kappa shape index (κ3) is 8.03. The van der Waals surface area contributed by atoms with Crippen molar-refractivity contribution < 1.29 is 23.9 Å². The van der Waals surface area contributed by atoms with Gasteiger partial charge in [-0.15, -0.1) is 0 Å². The third-order valence-corrected chi connectivity index (χ3v) is 6.49. The second-order valence-electron chi connectivity index (χ2n) is 9.10. The van der Waals surface area contributed by atoms with Crippen molar-refractivity contribution in [1.82, 2.24) is 20.1 Å². The van der Waals surface area contributed by atoms with Gasteiger partial charge in [0.05, 0.1) is 31.4 Å². The standard InChI is InChI=1S/C16H20ClN3O4.C13H12N2O/c1-10(14(21)24-3)11(2)20-15(22)18-9-19(16(20)23)8-12-4-6-13(17)7-5-12;1-10-3-8-13(15-9-10)16-12-6-4-11(14-2)5-7-12/h4-7,10-11H,8-9H2,1-3H3,(H,18,22);3-9H,2H2,1H3/t10-,11+;/m1./s1. The van der Waals surface area contributed by atoms with E-state index in [1.165, 1.54) is 12.0 Å². The van der Waals surface area contributed by atoms with Gasteiger partial charge in [-0.1, -0.05) is 29.8 Å². The summed E-state index contributed by atoms with van der Waals surface area (Å²) in [4.78, 5) is 47.0. The summed E-state index contributed by atoms with van der Waals surface area (Å²) >= 11 is 5.86. The Kier molecular flexibility index (Phi) is 10.6. The molecule has 210 valence electrons. The van der Waals surface area contributed by atoms with Crippen LogP contribution in [-0.4, -0.2) is 59.4 Å². The van der Waals surface area contributed by atoms with Gasteiger partial charge in [0.25, 0.3) is 0 Å². The Labute approximate surface area is 238 Å². The van der Waals surface area contributed by atoms with Gasteiger partial charge in [0.1, 0.15) is 5.75 Å². The number of pyridine rings is 1. The number of aromatic nitrogens is 1. The average Bonchev–Trinajstić information content (AvgIpc) is 2.96. The number of benzene rings is 2. The number of carbonyl (C=O) groups excluding carboxylic acids is 3. The van der Waals surface area contributed by atoms with E-state index in [-0.39, 0.29) is 6.67 Å². The maximum Gasteiger partial charge on any atom is 0.330 e. The number of urea groups is 2. The lowest BCUT2D eigenvalue weighted by Gasteiger charge is -2.39. The summed E-state index contributed by atoms with van der Waals surface area (Å²) in [5.74, 6) is 0.228. The normalized spacial score (nSPS) is 14.3. The molecule has 0 spiro atoms. The van der Waals surface area contributed by atoms with Gasteiger partial charge in [0.2, 0.25) is 5.88 Å². The number of methoxy groups -OCH3 is 1. The molecule has 0 unspecified atom stereocenters. The monoisotopic (exact) mass is 565 g/mol. The number of halogens is 1. The Morgan fingerprint density at radius 3 is 2.35 bits per heavy atom. The van der Waals surface area contributed by atoms with Crippen LogP contribution in [-0.2, 0) is 16.1 Å². The van der Waals surface area contributed by atoms with E-state index in [0.29, 0.717) is 17.4 Å². The summed E-state index contributed by atoms with van der Waals surface area (Å²) in [6.07, 6.45) is 1.77. The molecule has 0 saturated carbocycles. The number of hydrogen-bond acceptors (Lipinski definition) is 7. The molecule has 1 N–H and O–H groups in total. The van der Waals surface area contributed by atoms with Crippen molar-refractivity contribution in [3.63, 3.8) is 0 Å². The molecule has 1 saturated heterocycles. The number of nitrogens with one attached hydrogen (secondary N) is 1. The predicted molar refractivity (Wildman–Crippen MR) is 153 cm³/mol. The first-order valence-electron chi connectivity index (χ1n) is 12.5. The second kappa shape index (κ2) is 14.1. The molecule has 2 aromatic carbocycles. The minimum absolute atomic E-state index is 0.107. The summed E-state index contributed by atoms with van der Waals surface area (Å²) in [5, 5.41) is 3.26. The molecule has 1 aliphatic heterocycles. The highest BCUT2D eigenvalue weighted by Crippen LogP contribution is 2.22. The number of rotatable bonds is 8. The Morgan fingerprint density at radius 2 is 1.77 bits per heavy atom. The van der Waals surface area contributed by atoms with Crippen LogP contribution in [0.5, 0.6) is 11.6 Å². The number of hydrogen-bond donors (Lipinski definition) is 1. The van der Waals surface area contributed by atoms with Gasteiger partial charge in [0, 0.05) is 23.8 Å². The number of carbonyl (C=O) groups is 3. The van der Waals surface area contributed by atoms with E-state index < -0.39 is 30.0 Å². The minimum atomic E-state index is -0.627. The van der Waals surface area contributed by atoms with Crippen molar-refractivity contribution in [3.05, 3.63) is 83.0 Å². The van der Waals surface area contributed by atoms with Crippen molar-refractivity contribution in [2.45, 2.75) is 33.4 Å². The van der Waals surface area contributed by atoms with Gasteiger partial charge in [-0.25, -0.2) is 19.5 Å². The van der Waals surface area contributed by atoms with Gasteiger partial charge < -0.3 is 19.7 Å². The smallest absolute Gasteiger partial charge is 0.330 e. The molecule has 2 heterocycles. The van der Waals surface area contributed by atoms with Gasteiger partial charge >= 0.3 is 18.0 Å². The largest absolute Gasteiger partial charge is 0.469 e. The first-order chi connectivity index (χ1) is 19.1. The molecule has 1 aliphatic rings. The van der Waals surface area contributed by atoms with Gasteiger partial charge in [-0.3, -0.25) is 9.79 Å². The number of ether oxygens (including phenoxy) is 2. The number of aryl methyl sites for hydroxylation is 1. The van der Waals surface area contributed by atoms with Crippen LogP contribution in [0.2, 0.25) is 5.02 Å². The fourth-order valence-corrected chi connectivity index (χ4v) is 3.84. The van der Waals surface area contributed by atoms with Crippen LogP contribution < -0.4 is 10.1 Å². The summed E-state index contributed by atoms with van der Waals surface area (Å²) in [6.45, 7) is 9.14. The molecule has 11 heteroatoms. The van der Waals surface area contributed by atoms with Gasteiger partial charge in [-0.05, 0) is 75.0 Å². The lowest BCUT2D eigenvalue weighted by molar-refractivity contribution is -0.146. The van der Waals surface area contributed by atoms with E-state index in [2.05, 4.69) is 22.0 Å². The highest BCUT2D eigenvalue weighted by atomic mass is 35.5. The van der Waals surface area contributed by atoms with E-state index in [4.69, 9.17) is 21.1 Å². The Morgan fingerprint density at radius 1 is 1.10 bits per heavy atom. The maximum absolute atomic E-state index is 12.7. The lowest BCUT2D eigenvalue weighted by Crippen LogP contribution is -2.62. The molecule has 10 nitrogen and oxygen atoms in total. The third-order valence-electron chi connectivity index (χ3n) is 6.23. The first kappa shape index (κ1) is 30.1. The van der Waals surface area contributed by atoms with Crippen molar-refractivity contribution in [3.8, 4) is 11.6 Å². The number of esters is 1. The van der Waals surface area contributed by atoms with Crippen LogP contribution in [0.3, 0.4) is 0 Å². The molecule has 1 aromatic heterocycles. The quantitative estimate of drug-likeness (QED) is 0.266. The summed E-state index contributed by atoms with van der Waals surface area (Å²) in [7, 11) is 1.27. The number of amides is 4. The Balaban J connectivity index is 0.000000238. The molecule has 3 aromatic rings. The van der Waals surface area contributed by atoms with E-state index in [9.17, 15) is 14.4 Å². The SMILES string of the molecule is C=Nc1ccc(Oc2ccc(C)cn2)cc1.COC(=O)[C@H](C)[C@H](C)N1C(=O)NCN(Cc2ccc(Cl)cc2)C1=O. The van der Waals surface area contributed by atoms with E-state index in [0.717, 1.165) is 27.5 Å². The zero-order chi connectivity index (χ0) is 29.2. The van der Waals surface area contributed by atoms with Gasteiger partial charge in [0.15, 0.2) is 0 Å². The molecule has 2 atom stereocenters. The Bertz CT molecular complexity index is 1320. The minimum Gasteiger partial charge on any atom is -0.469 e. The van der Waals surface area contributed by atoms with Crippen LogP contribution in [0.1, 0.15) is 25.0 Å². The van der Waals surface area contributed by atoms with Crippen LogP contribution in [0.4, 0.5) is 15.3 Å².